The number of carbonyl (C=O) groups is 1. The molecule has 0 fully saturated rings. The topological polar surface area (TPSA) is 111 Å². The Labute approximate surface area is 93.0 Å². The number of hydrogen-bond donors (Lipinski definition) is 3. The van der Waals surface area contributed by atoms with Gasteiger partial charge in [0.1, 0.15) is 5.70 Å². The van der Waals surface area contributed by atoms with Crippen molar-refractivity contribution >= 4 is 5.91 Å². The molecule has 1 aliphatic rings. The molecule has 0 aromatic heterocycles. The second kappa shape index (κ2) is 5.94. The van der Waals surface area contributed by atoms with Crippen molar-refractivity contribution < 1.29 is 4.79 Å². The first-order valence-corrected chi connectivity index (χ1v) is 4.87. The monoisotopic (exact) mass is 222 g/mol. The van der Waals surface area contributed by atoms with Gasteiger partial charge in [0, 0.05) is 23.8 Å². The first-order valence-electron chi connectivity index (χ1n) is 4.87. The maximum absolute atomic E-state index is 11.3. The second-order valence-electron chi connectivity index (χ2n) is 3.21. The van der Waals surface area contributed by atoms with Crippen molar-refractivity contribution in [2.45, 2.75) is 6.04 Å². The highest BCUT2D eigenvalue weighted by molar-refractivity contribution is 5.95. The molecule has 0 bridgehead atoms. The fourth-order valence-corrected chi connectivity index (χ4v) is 1.35. The summed E-state index contributed by atoms with van der Waals surface area (Å²) in [6, 6.07) is -0.420. The molecule has 1 amide bonds. The number of nitrogens with one attached hydrogen (secondary N) is 1. The fraction of sp³-hybridized carbons (Fsp3) is 0.300. The van der Waals surface area contributed by atoms with Crippen LogP contribution < -0.4 is 16.8 Å². The van der Waals surface area contributed by atoms with Crippen LogP contribution in [0.3, 0.4) is 0 Å². The van der Waals surface area contributed by atoms with Gasteiger partial charge in [-0.25, -0.2) is 0 Å². The van der Waals surface area contributed by atoms with Crippen molar-refractivity contribution in [1.29, 1.82) is 0 Å². The highest BCUT2D eigenvalue weighted by Crippen LogP contribution is 2.14. The zero-order valence-electron chi connectivity index (χ0n) is 8.72. The lowest BCUT2D eigenvalue weighted by atomic mass is 10.00. The molecule has 6 heteroatoms. The highest BCUT2D eigenvalue weighted by atomic mass is 16.3. The number of rotatable bonds is 4. The number of carbonyl (C=O) groups excluding carboxylic acids is 1. The van der Waals surface area contributed by atoms with E-state index in [0.29, 0.717) is 18.7 Å². The van der Waals surface area contributed by atoms with E-state index in [0.717, 1.165) is 0 Å². The maximum atomic E-state index is 11.3. The summed E-state index contributed by atoms with van der Waals surface area (Å²) >= 11 is 0. The molecule has 16 heavy (non-hydrogen) atoms. The van der Waals surface area contributed by atoms with Gasteiger partial charge in [0.25, 0.3) is 0 Å². The molecule has 0 aliphatic heterocycles. The number of nitroso groups, excluding NO2 is 1. The van der Waals surface area contributed by atoms with Crippen molar-refractivity contribution in [3.63, 3.8) is 0 Å². The van der Waals surface area contributed by atoms with Gasteiger partial charge in [0.15, 0.2) is 0 Å². The summed E-state index contributed by atoms with van der Waals surface area (Å²) < 4.78 is 0. The maximum Gasteiger partial charge on any atom is 0.332 e. The minimum absolute atomic E-state index is 0.119. The highest BCUT2D eigenvalue weighted by Gasteiger charge is 2.18. The van der Waals surface area contributed by atoms with Crippen LogP contribution in [0.5, 0.6) is 0 Å². The van der Waals surface area contributed by atoms with Gasteiger partial charge in [-0.15, -0.1) is 4.91 Å². The molecule has 0 saturated carbocycles. The Kier molecular flexibility index (Phi) is 4.56. The van der Waals surface area contributed by atoms with Crippen LogP contribution in [0.15, 0.2) is 40.8 Å². The zero-order valence-corrected chi connectivity index (χ0v) is 8.72. The normalized spacial score (nSPS) is 21.8. The second-order valence-corrected chi connectivity index (χ2v) is 3.21. The van der Waals surface area contributed by atoms with Crippen LogP contribution in [-0.2, 0) is 4.79 Å². The summed E-state index contributed by atoms with van der Waals surface area (Å²) in [5, 5.41) is 5.15. The third-order valence-corrected chi connectivity index (χ3v) is 2.10. The SMILES string of the molecule is NCCN/C(C(=O)N=O)=C1/C=CC=CC1N. The van der Waals surface area contributed by atoms with Gasteiger partial charge in [-0.1, -0.05) is 24.3 Å². The van der Waals surface area contributed by atoms with Gasteiger partial charge in [-0.2, -0.15) is 0 Å². The zero-order chi connectivity index (χ0) is 12.0. The van der Waals surface area contributed by atoms with E-state index in [1.54, 1.807) is 24.3 Å². The number of amides is 1. The van der Waals surface area contributed by atoms with Crippen LogP contribution in [0.4, 0.5) is 0 Å². The number of nitrogens with zero attached hydrogens (tertiary/aromatic N) is 1. The van der Waals surface area contributed by atoms with Gasteiger partial charge in [-0.05, 0) is 0 Å². The smallest absolute Gasteiger partial charge is 0.332 e. The molecule has 1 unspecified atom stereocenters. The lowest BCUT2D eigenvalue weighted by Crippen LogP contribution is -2.31. The van der Waals surface area contributed by atoms with Crippen LogP contribution in [0.25, 0.3) is 0 Å². The van der Waals surface area contributed by atoms with E-state index in [9.17, 15) is 9.70 Å². The minimum atomic E-state index is -0.862. The van der Waals surface area contributed by atoms with Crippen LogP contribution >= 0.6 is 0 Å². The van der Waals surface area contributed by atoms with Gasteiger partial charge in [-0.3, -0.25) is 4.79 Å². The minimum Gasteiger partial charge on any atom is -0.379 e. The average molecular weight is 222 g/mol. The van der Waals surface area contributed by atoms with E-state index in [2.05, 4.69) is 10.5 Å². The largest absolute Gasteiger partial charge is 0.379 e. The molecule has 0 heterocycles. The van der Waals surface area contributed by atoms with Crippen LogP contribution in [-0.4, -0.2) is 25.0 Å². The van der Waals surface area contributed by atoms with Crippen LogP contribution in [0.2, 0.25) is 0 Å². The molecule has 5 N–H and O–H groups in total. The fourth-order valence-electron chi connectivity index (χ4n) is 1.35. The summed E-state index contributed by atoms with van der Waals surface area (Å²) in [5.41, 5.74) is 11.8. The average Bonchev–Trinajstić information content (AvgIpc) is 2.31. The summed E-state index contributed by atoms with van der Waals surface area (Å²) in [5.74, 6) is -0.862. The Balaban J connectivity index is 3.01. The van der Waals surface area contributed by atoms with E-state index < -0.39 is 11.9 Å². The molecule has 1 atom stereocenters. The van der Waals surface area contributed by atoms with E-state index in [4.69, 9.17) is 11.5 Å². The quantitative estimate of drug-likeness (QED) is 0.440. The molecule has 1 aliphatic carbocycles. The van der Waals surface area contributed by atoms with Crippen molar-refractivity contribution in [1.82, 2.24) is 5.32 Å². The molecule has 86 valence electrons. The first-order chi connectivity index (χ1) is 7.70. The first kappa shape index (κ1) is 12.3. The third kappa shape index (κ3) is 2.85. The Morgan fingerprint density at radius 1 is 1.50 bits per heavy atom. The van der Waals surface area contributed by atoms with Crippen LogP contribution in [0.1, 0.15) is 0 Å². The Bertz CT molecular complexity index is 371. The molecule has 0 saturated heterocycles. The van der Waals surface area contributed by atoms with Gasteiger partial charge in [0.05, 0.1) is 6.04 Å². The van der Waals surface area contributed by atoms with E-state index >= 15 is 0 Å². The van der Waals surface area contributed by atoms with Gasteiger partial charge < -0.3 is 16.8 Å². The lowest BCUT2D eigenvalue weighted by molar-refractivity contribution is -0.114. The summed E-state index contributed by atoms with van der Waals surface area (Å²) in [7, 11) is 0. The lowest BCUT2D eigenvalue weighted by Gasteiger charge is -2.16. The van der Waals surface area contributed by atoms with E-state index in [1.165, 1.54) is 0 Å². The standard InChI is InChI=1S/C10H14N4O2/c11-5-6-13-9(10(15)14-16)7-3-1-2-4-8(7)12/h1-4,8,13H,5-6,11-12H2/b9-7-. The van der Waals surface area contributed by atoms with Crippen molar-refractivity contribution in [2.24, 2.45) is 16.6 Å². The van der Waals surface area contributed by atoms with Crippen molar-refractivity contribution in [2.75, 3.05) is 13.1 Å². The van der Waals surface area contributed by atoms with Crippen molar-refractivity contribution in [3.8, 4) is 0 Å². The molecule has 0 aromatic rings. The number of allylic oxidation sites excluding steroid dienone is 2. The predicted octanol–water partition coefficient (Wildman–Crippen LogP) is -0.465. The Hall–Kier alpha value is -1.79. The Morgan fingerprint density at radius 3 is 2.81 bits per heavy atom. The third-order valence-electron chi connectivity index (χ3n) is 2.10. The molecular formula is C10H14N4O2. The molecular weight excluding hydrogens is 208 g/mol. The molecule has 0 spiro atoms. The van der Waals surface area contributed by atoms with Gasteiger partial charge in [0.2, 0.25) is 0 Å². The Morgan fingerprint density at radius 2 is 2.25 bits per heavy atom. The van der Waals surface area contributed by atoms with Gasteiger partial charge >= 0.3 is 5.91 Å². The molecule has 1 rings (SSSR count). The number of nitrogens with two attached hydrogens (primary N) is 2. The molecule has 6 nitrogen and oxygen atoms in total. The molecule has 0 radical (unpaired) electrons. The summed E-state index contributed by atoms with van der Waals surface area (Å²) in [6.45, 7) is 0.724. The van der Waals surface area contributed by atoms with Crippen molar-refractivity contribution in [3.05, 3.63) is 40.5 Å². The predicted molar refractivity (Wildman–Crippen MR) is 61.1 cm³/mol. The van der Waals surface area contributed by atoms with Crippen LogP contribution in [0, 0.1) is 4.91 Å². The van der Waals surface area contributed by atoms with E-state index in [1.807, 2.05) is 0 Å². The summed E-state index contributed by atoms with van der Waals surface area (Å²) in [4.78, 5) is 21.6. The number of hydrogen-bond acceptors (Lipinski definition) is 5. The molecule has 0 aromatic carbocycles. The summed E-state index contributed by atoms with van der Waals surface area (Å²) in [6.07, 6.45) is 6.90. The van der Waals surface area contributed by atoms with E-state index in [-0.39, 0.29) is 5.70 Å².